The second-order valence-electron chi connectivity index (χ2n) is 29.9. The Kier molecular flexibility index (Phi) is 28.5. The molecular weight excluding hydrogens is 1640 g/mol. The van der Waals surface area contributed by atoms with Crippen LogP contribution in [-0.4, -0.2) is 235 Å². The van der Waals surface area contributed by atoms with Gasteiger partial charge >= 0.3 is 72.0 Å². The van der Waals surface area contributed by atoms with Gasteiger partial charge in [-0.15, -0.1) is 0 Å². The predicted molar refractivity (Wildman–Crippen MR) is 425 cm³/mol. The second-order valence-corrected chi connectivity index (χ2v) is 29.9. The number of ether oxygens (including phenoxy) is 15. The van der Waals surface area contributed by atoms with Gasteiger partial charge in [-0.25, -0.2) is 33.8 Å². The highest BCUT2D eigenvalue weighted by Crippen LogP contribution is 2.46. The highest BCUT2D eigenvalue weighted by atomic mass is 16.7. The molecule has 12 rings (SSSR count). The first kappa shape index (κ1) is 90.6. The molecule has 125 heavy (non-hydrogen) atoms. The van der Waals surface area contributed by atoms with Gasteiger partial charge in [-0.3, -0.25) is 47.9 Å². The van der Waals surface area contributed by atoms with Crippen LogP contribution in [0.5, 0.6) is 11.5 Å². The Morgan fingerprint density at radius 1 is 0.624 bits per heavy atom. The van der Waals surface area contributed by atoms with Crippen molar-refractivity contribution in [1.29, 1.82) is 0 Å². The molecule has 5 N–H and O–H groups in total. The third kappa shape index (κ3) is 20.4. The fourth-order valence-corrected chi connectivity index (χ4v) is 15.9. The standard InChI is InChI=1S/C85H92N8O32/c1-11-49-54-35-48(25-26-59(54)88-66-55(49)37-93-62(66)36-58-57(77(93)103)40-113-81(106)85(58,110)12-2)122-84(109)92-32-30-91(31-33-92)83(108)115-38-47-24-27-63(123-80-74(121-46(8)99)70(119-44(6)97)69(118-43(5)96)73(125-80)79(105)112-10)61(34-47)87-65(101)28-29-86-75(102)60(89-82(107)114-39-56-52-20-15-13-18-50(52)51-19-14-16-21-53(51)56)22-17-23-64(100)90-76-71(120-45(7)98)67(116-41(3)94)68(117-42(4)95)72(124-76)78(104)111-9/h13-16,18-21,24-27,34-36,56,60,67-74,76,80,110H,11-12,17,22-23,28-33,37-40H2,1-10H3,(H,86,102)(H,87,101)(H,89,107)(H,90,100)/t60-,67-,68-,69-,70-,71+,72-,73-,74+,76-,80+,85-/m0/s1. The third-order valence-corrected chi connectivity index (χ3v) is 21.6. The molecule has 5 aliphatic heterocycles. The summed E-state index contributed by atoms with van der Waals surface area (Å²) in [6.45, 7) is 8.08. The molecule has 0 radical (unpaired) electrons. The number of carbonyl (C=O) groups is 15. The van der Waals surface area contributed by atoms with E-state index in [9.17, 15) is 81.8 Å². The molecule has 6 amide bonds. The maximum Gasteiger partial charge on any atom is 0.415 e. The van der Waals surface area contributed by atoms with Crippen molar-refractivity contribution in [3.8, 4) is 34.0 Å². The van der Waals surface area contributed by atoms with Crippen molar-refractivity contribution in [3.05, 3.63) is 140 Å². The van der Waals surface area contributed by atoms with Crippen LogP contribution in [0, 0.1) is 0 Å². The minimum Gasteiger partial charge on any atom is -0.467 e. The molecule has 6 aromatic rings. The number of carbonyl (C=O) groups excluding carboxylic acids is 15. The molecule has 12 atom stereocenters. The molecule has 3 fully saturated rings. The van der Waals surface area contributed by atoms with Crippen molar-refractivity contribution in [2.45, 2.75) is 193 Å². The lowest BCUT2D eigenvalue weighted by atomic mass is 9.86. The maximum absolute atomic E-state index is 14.5. The largest absolute Gasteiger partial charge is 0.467 e. The number of aliphatic hydroxyl groups is 1. The van der Waals surface area contributed by atoms with Gasteiger partial charge < -0.3 is 112 Å². The van der Waals surface area contributed by atoms with Crippen LogP contribution >= 0.6 is 0 Å². The smallest absolute Gasteiger partial charge is 0.415 e. The minimum absolute atomic E-state index is 0.00476. The summed E-state index contributed by atoms with van der Waals surface area (Å²) in [4.78, 5) is 221. The van der Waals surface area contributed by atoms with Crippen LogP contribution in [0.3, 0.4) is 0 Å². The van der Waals surface area contributed by atoms with Crippen LogP contribution in [0.25, 0.3) is 33.4 Å². The van der Waals surface area contributed by atoms with Gasteiger partial charge in [0.2, 0.25) is 30.1 Å². The molecule has 3 saturated heterocycles. The van der Waals surface area contributed by atoms with Gasteiger partial charge in [0.15, 0.2) is 54.6 Å². The van der Waals surface area contributed by atoms with Crippen molar-refractivity contribution in [3.63, 3.8) is 0 Å². The number of cyclic esters (lactones) is 1. The molecule has 2 aromatic heterocycles. The number of nitrogens with one attached hydrogen (secondary N) is 4. The molecule has 0 bridgehead atoms. The Bertz CT molecular complexity index is 5290. The number of benzene rings is 4. The highest BCUT2D eigenvalue weighted by Gasteiger charge is 2.58. The van der Waals surface area contributed by atoms with Gasteiger partial charge in [0, 0.05) is 110 Å². The van der Waals surface area contributed by atoms with Gasteiger partial charge in [0.05, 0.1) is 48.9 Å². The number of nitrogens with zero attached hydrogens (tertiary/aromatic N) is 4. The summed E-state index contributed by atoms with van der Waals surface area (Å²) in [6, 6.07) is 24.0. The second kappa shape index (κ2) is 39.3. The van der Waals surface area contributed by atoms with Crippen molar-refractivity contribution >= 4 is 106 Å². The summed E-state index contributed by atoms with van der Waals surface area (Å²) in [5.74, 6) is -12.2. The van der Waals surface area contributed by atoms with E-state index in [4.69, 9.17) is 76.0 Å². The Hall–Kier alpha value is -13.6. The molecule has 4 aromatic carbocycles. The molecule has 1 aliphatic carbocycles. The van der Waals surface area contributed by atoms with Crippen LogP contribution in [0.2, 0.25) is 0 Å². The summed E-state index contributed by atoms with van der Waals surface area (Å²) >= 11 is 0. The zero-order valence-corrected chi connectivity index (χ0v) is 69.6. The fourth-order valence-electron chi connectivity index (χ4n) is 15.9. The minimum atomic E-state index is -2.02. The molecule has 40 nitrogen and oxygen atoms in total. The maximum atomic E-state index is 14.5. The van der Waals surface area contributed by atoms with Crippen molar-refractivity contribution in [2.24, 2.45) is 0 Å². The lowest BCUT2D eigenvalue weighted by Crippen LogP contribution is -2.67. The third-order valence-electron chi connectivity index (χ3n) is 21.6. The molecule has 6 aliphatic rings. The molecule has 40 heteroatoms. The summed E-state index contributed by atoms with van der Waals surface area (Å²) in [5.41, 5.74) is 4.49. The topological polar surface area (TPSA) is 504 Å². The van der Waals surface area contributed by atoms with Crippen molar-refractivity contribution in [2.75, 3.05) is 58.9 Å². The predicted octanol–water partition coefficient (Wildman–Crippen LogP) is 4.50. The number of hydrogen-bond donors (Lipinski definition) is 5. The molecular formula is C85H92N8O32. The van der Waals surface area contributed by atoms with Gasteiger partial charge in [-0.1, -0.05) is 68.4 Å². The quantitative estimate of drug-likeness (QED) is 0.0333. The monoisotopic (exact) mass is 1740 g/mol. The fraction of sp³-hybridized carbons (Fsp3) is 0.447. The van der Waals surface area contributed by atoms with Gasteiger partial charge in [0.1, 0.15) is 37.4 Å². The number of amides is 6. The first-order valence-electron chi connectivity index (χ1n) is 40.0. The Morgan fingerprint density at radius 3 is 1.80 bits per heavy atom. The summed E-state index contributed by atoms with van der Waals surface area (Å²) < 4.78 is 84.9. The number of alkyl carbamates (subject to hydrolysis) is 1. The van der Waals surface area contributed by atoms with E-state index in [-0.39, 0.29) is 99.1 Å². The van der Waals surface area contributed by atoms with Crippen LogP contribution < -0.4 is 36.3 Å². The van der Waals surface area contributed by atoms with Crippen molar-refractivity contribution in [1.82, 2.24) is 35.3 Å². The highest BCUT2D eigenvalue weighted by molar-refractivity contribution is 5.94. The Morgan fingerprint density at radius 2 is 1.20 bits per heavy atom. The van der Waals surface area contributed by atoms with Gasteiger partial charge in [-0.2, -0.15) is 0 Å². The van der Waals surface area contributed by atoms with E-state index in [0.29, 0.717) is 28.7 Å². The summed E-state index contributed by atoms with van der Waals surface area (Å²) in [5, 5.41) is 22.4. The Balaban J connectivity index is 0.738. The number of piperazine rings is 1. The van der Waals surface area contributed by atoms with E-state index in [1.807, 2.05) is 55.5 Å². The van der Waals surface area contributed by atoms with E-state index in [0.717, 1.165) is 89.1 Å². The number of methoxy groups -OCH3 is 2. The average molecular weight is 1740 g/mol. The van der Waals surface area contributed by atoms with Crippen LogP contribution in [0.4, 0.5) is 20.1 Å². The molecule has 0 unspecified atom stereocenters. The molecule has 664 valence electrons. The number of aryl methyl sites for hydroxylation is 1. The van der Waals surface area contributed by atoms with Crippen molar-refractivity contribution < 1.29 is 148 Å². The molecule has 7 heterocycles. The number of aromatic nitrogens is 2. The van der Waals surface area contributed by atoms with E-state index in [1.54, 1.807) is 31.2 Å². The van der Waals surface area contributed by atoms with Crippen LogP contribution in [0.1, 0.15) is 132 Å². The normalized spacial score (nSPS) is 21.6. The number of esters is 9. The van der Waals surface area contributed by atoms with E-state index in [2.05, 4.69) is 21.3 Å². The summed E-state index contributed by atoms with van der Waals surface area (Å²) in [7, 11) is 1.96. The average Bonchev–Trinajstić information content (AvgIpc) is 1.57. The molecule has 0 spiro atoms. The summed E-state index contributed by atoms with van der Waals surface area (Å²) in [6.07, 6.45) is -21.9. The molecule has 0 saturated carbocycles. The zero-order valence-electron chi connectivity index (χ0n) is 69.6. The van der Waals surface area contributed by atoms with Gasteiger partial charge in [0.25, 0.3) is 5.56 Å². The SMILES string of the molecule is CCc1c2c(nc3ccc(OC(=O)N4CCN(C(=O)OCc5ccc(O[C@@H]6O[C@H](C(=O)OC)[C@@H](OC(C)=O)[C@H](OC(C)=O)[C@H]6OC(C)=O)c(NC(=O)CCNC(=O)[C@H](CCCC(=O)N[C@H]6O[C@H](C(=O)OC)[C@@H](OC(C)=O)[C@H](OC(C)=O)[C@H]6OC(C)=O)NC(=O)OCC6c7ccccc7-c7ccccc76)c5)CC4)cc13)-c1cc3c(c(=O)n1C2)COC(=O)[C@]3(O)CC. The number of rotatable bonds is 28. The van der Waals surface area contributed by atoms with E-state index >= 15 is 0 Å². The zero-order chi connectivity index (χ0) is 90.0. The van der Waals surface area contributed by atoms with E-state index in [1.165, 1.54) is 32.6 Å². The lowest BCUT2D eigenvalue weighted by Gasteiger charge is -2.43. The number of anilines is 1. The lowest BCUT2D eigenvalue weighted by molar-refractivity contribution is -0.282. The number of hydrogen-bond acceptors (Lipinski definition) is 33. The number of pyridine rings is 2. The van der Waals surface area contributed by atoms with Crippen LogP contribution in [-0.2, 0) is 151 Å². The first-order chi connectivity index (χ1) is 59.7. The first-order valence-corrected chi connectivity index (χ1v) is 40.0. The van der Waals surface area contributed by atoms with Gasteiger partial charge in [-0.05, 0) is 95.5 Å². The van der Waals surface area contributed by atoms with Crippen LogP contribution in [0.15, 0.2) is 95.8 Å². The van der Waals surface area contributed by atoms with E-state index < -0.39 is 200 Å². The Labute approximate surface area is 712 Å². The number of fused-ring (bicyclic) bond motifs is 8.